The molecule has 1 aliphatic carbocycles. The number of hydrogen-bond acceptors (Lipinski definition) is 3. The molecule has 4 nitrogen and oxygen atoms in total. The van der Waals surface area contributed by atoms with E-state index in [-0.39, 0.29) is 12.5 Å². The minimum atomic E-state index is 0.0963. The summed E-state index contributed by atoms with van der Waals surface area (Å²) in [7, 11) is 0. The molecule has 0 aromatic heterocycles. The number of carbonyl (C=O) groups excluding carboxylic acids is 1. The maximum Gasteiger partial charge on any atom is 0.260 e. The van der Waals surface area contributed by atoms with Gasteiger partial charge in [-0.1, -0.05) is 49.2 Å². The van der Waals surface area contributed by atoms with Crippen LogP contribution < -0.4 is 4.74 Å². The van der Waals surface area contributed by atoms with Crippen LogP contribution in [-0.2, 0) is 4.79 Å². The molecule has 1 amide bonds. The molecule has 0 bridgehead atoms. The minimum Gasteiger partial charge on any atom is -0.483 e. The number of rotatable bonds is 4. The van der Waals surface area contributed by atoms with Crippen LogP contribution in [0.25, 0.3) is 10.8 Å². The summed E-state index contributed by atoms with van der Waals surface area (Å²) in [5.74, 6) is 0.884. The summed E-state index contributed by atoms with van der Waals surface area (Å²) in [5.41, 5.74) is 0. The van der Waals surface area contributed by atoms with Gasteiger partial charge in [-0.15, -0.1) is 0 Å². The van der Waals surface area contributed by atoms with Crippen LogP contribution in [-0.4, -0.2) is 54.5 Å². The van der Waals surface area contributed by atoms with E-state index in [4.69, 9.17) is 4.74 Å². The molecule has 0 radical (unpaired) electrons. The average molecular weight is 338 g/mol. The van der Waals surface area contributed by atoms with Crippen molar-refractivity contribution in [2.75, 3.05) is 32.8 Å². The number of benzene rings is 2. The van der Waals surface area contributed by atoms with Gasteiger partial charge in [0.1, 0.15) is 5.75 Å². The first kappa shape index (κ1) is 16.4. The number of piperazine rings is 1. The summed E-state index contributed by atoms with van der Waals surface area (Å²) in [5, 5.41) is 2.20. The number of nitrogens with zero attached hydrogens (tertiary/aromatic N) is 2. The molecule has 1 aliphatic heterocycles. The Morgan fingerprint density at radius 2 is 1.68 bits per heavy atom. The van der Waals surface area contributed by atoms with E-state index >= 15 is 0 Å². The second-order valence-corrected chi connectivity index (χ2v) is 7.12. The molecule has 0 atom stereocenters. The van der Waals surface area contributed by atoms with Gasteiger partial charge >= 0.3 is 0 Å². The van der Waals surface area contributed by atoms with Crippen molar-refractivity contribution in [3.63, 3.8) is 0 Å². The molecule has 0 spiro atoms. The second-order valence-electron chi connectivity index (χ2n) is 7.12. The molecule has 2 aliphatic rings. The molecule has 2 aromatic carbocycles. The van der Waals surface area contributed by atoms with Crippen molar-refractivity contribution in [2.24, 2.45) is 0 Å². The van der Waals surface area contributed by atoms with Gasteiger partial charge < -0.3 is 9.64 Å². The number of ether oxygens (including phenoxy) is 1. The van der Waals surface area contributed by atoms with Crippen LogP contribution >= 0.6 is 0 Å². The van der Waals surface area contributed by atoms with Gasteiger partial charge in [0.25, 0.3) is 5.91 Å². The van der Waals surface area contributed by atoms with Gasteiger partial charge in [-0.3, -0.25) is 9.69 Å². The summed E-state index contributed by atoms with van der Waals surface area (Å²) in [4.78, 5) is 17.0. The SMILES string of the molecule is O=C(COc1cccc2ccccc12)N1CCN(C2CCCC2)CC1. The van der Waals surface area contributed by atoms with Gasteiger partial charge in [-0.2, -0.15) is 0 Å². The molecule has 25 heavy (non-hydrogen) atoms. The third kappa shape index (κ3) is 3.64. The lowest BCUT2D eigenvalue weighted by molar-refractivity contribution is -0.135. The van der Waals surface area contributed by atoms with E-state index in [1.807, 2.05) is 35.2 Å². The van der Waals surface area contributed by atoms with Crippen LogP contribution in [0.3, 0.4) is 0 Å². The van der Waals surface area contributed by atoms with E-state index in [9.17, 15) is 4.79 Å². The van der Waals surface area contributed by atoms with Crippen LogP contribution in [0.4, 0.5) is 0 Å². The highest BCUT2D eigenvalue weighted by Gasteiger charge is 2.27. The molecule has 0 unspecified atom stereocenters. The Morgan fingerprint density at radius 1 is 0.960 bits per heavy atom. The molecule has 2 aromatic rings. The molecule has 1 heterocycles. The van der Waals surface area contributed by atoms with Crippen LogP contribution in [0.5, 0.6) is 5.75 Å². The minimum absolute atomic E-state index is 0.0963. The van der Waals surface area contributed by atoms with Crippen molar-refractivity contribution < 1.29 is 9.53 Å². The zero-order valence-corrected chi connectivity index (χ0v) is 14.7. The number of amides is 1. The van der Waals surface area contributed by atoms with Gasteiger partial charge in [0.05, 0.1) is 0 Å². The second kappa shape index (κ2) is 7.44. The number of hydrogen-bond donors (Lipinski definition) is 0. The van der Waals surface area contributed by atoms with Crippen molar-refractivity contribution in [3.05, 3.63) is 42.5 Å². The Labute approximate surface area is 149 Å². The van der Waals surface area contributed by atoms with Crippen LogP contribution in [0.1, 0.15) is 25.7 Å². The summed E-state index contributed by atoms with van der Waals surface area (Å²) in [6, 6.07) is 14.8. The lowest BCUT2D eigenvalue weighted by atomic mass is 10.1. The fourth-order valence-electron chi connectivity index (χ4n) is 4.16. The van der Waals surface area contributed by atoms with Gasteiger partial charge in [0.15, 0.2) is 6.61 Å². The summed E-state index contributed by atoms with van der Waals surface area (Å²) in [6.45, 7) is 3.79. The van der Waals surface area contributed by atoms with E-state index in [1.54, 1.807) is 0 Å². The highest BCUT2D eigenvalue weighted by atomic mass is 16.5. The predicted octanol–water partition coefficient (Wildman–Crippen LogP) is 3.31. The number of carbonyl (C=O) groups is 1. The number of fused-ring (bicyclic) bond motifs is 1. The smallest absolute Gasteiger partial charge is 0.260 e. The standard InChI is InChI=1S/C21H26N2O2/c24-21(23-14-12-22(13-15-23)18-8-2-3-9-18)16-25-20-11-5-7-17-6-1-4-10-19(17)20/h1,4-7,10-11,18H,2-3,8-9,12-16H2. The molecule has 4 heteroatoms. The van der Waals surface area contributed by atoms with Gasteiger partial charge in [-0.25, -0.2) is 0 Å². The Kier molecular flexibility index (Phi) is 4.88. The molecule has 2 fully saturated rings. The van der Waals surface area contributed by atoms with E-state index in [1.165, 1.54) is 25.7 Å². The van der Waals surface area contributed by atoms with Crippen molar-refractivity contribution >= 4 is 16.7 Å². The zero-order chi connectivity index (χ0) is 17.1. The molecule has 132 valence electrons. The predicted molar refractivity (Wildman–Crippen MR) is 99.9 cm³/mol. The maximum atomic E-state index is 12.5. The molecule has 1 saturated carbocycles. The lowest BCUT2D eigenvalue weighted by Crippen LogP contribution is -2.52. The zero-order valence-electron chi connectivity index (χ0n) is 14.7. The summed E-state index contributed by atoms with van der Waals surface area (Å²) < 4.78 is 5.86. The summed E-state index contributed by atoms with van der Waals surface area (Å²) >= 11 is 0. The quantitative estimate of drug-likeness (QED) is 0.857. The molecule has 1 saturated heterocycles. The van der Waals surface area contributed by atoms with Gasteiger partial charge in [-0.05, 0) is 24.3 Å². The largest absolute Gasteiger partial charge is 0.483 e. The Morgan fingerprint density at radius 3 is 2.48 bits per heavy atom. The fourth-order valence-corrected chi connectivity index (χ4v) is 4.16. The van der Waals surface area contributed by atoms with Crippen LogP contribution in [0, 0.1) is 0 Å². The Bertz CT molecular complexity index is 726. The maximum absolute atomic E-state index is 12.5. The van der Waals surface area contributed by atoms with Crippen LogP contribution in [0.2, 0.25) is 0 Å². The van der Waals surface area contributed by atoms with E-state index in [0.29, 0.717) is 0 Å². The van der Waals surface area contributed by atoms with Crippen LogP contribution in [0.15, 0.2) is 42.5 Å². The van der Waals surface area contributed by atoms with E-state index in [2.05, 4.69) is 17.0 Å². The monoisotopic (exact) mass is 338 g/mol. The molecular formula is C21H26N2O2. The molecular weight excluding hydrogens is 312 g/mol. The van der Waals surface area contributed by atoms with Crippen molar-refractivity contribution in [3.8, 4) is 5.75 Å². The van der Waals surface area contributed by atoms with E-state index in [0.717, 1.165) is 48.7 Å². The molecule has 4 rings (SSSR count). The van der Waals surface area contributed by atoms with E-state index < -0.39 is 0 Å². The highest BCUT2D eigenvalue weighted by molar-refractivity contribution is 5.88. The first-order valence-corrected chi connectivity index (χ1v) is 9.44. The Balaban J connectivity index is 1.32. The van der Waals surface area contributed by atoms with Gasteiger partial charge in [0.2, 0.25) is 0 Å². The fraction of sp³-hybridized carbons (Fsp3) is 0.476. The average Bonchev–Trinajstić information content (AvgIpc) is 3.21. The van der Waals surface area contributed by atoms with Crippen molar-refractivity contribution in [2.45, 2.75) is 31.7 Å². The first-order chi connectivity index (χ1) is 12.3. The molecule has 0 N–H and O–H groups in total. The topological polar surface area (TPSA) is 32.8 Å². The lowest BCUT2D eigenvalue weighted by Gasteiger charge is -2.38. The Hall–Kier alpha value is -2.07. The summed E-state index contributed by atoms with van der Waals surface area (Å²) in [6.07, 6.45) is 5.39. The van der Waals surface area contributed by atoms with Crippen molar-refractivity contribution in [1.82, 2.24) is 9.80 Å². The third-order valence-corrected chi connectivity index (χ3v) is 5.61. The highest BCUT2D eigenvalue weighted by Crippen LogP contribution is 2.26. The van der Waals surface area contributed by atoms with Crippen molar-refractivity contribution in [1.29, 1.82) is 0 Å². The third-order valence-electron chi connectivity index (χ3n) is 5.61. The first-order valence-electron chi connectivity index (χ1n) is 9.44. The normalized spacial score (nSPS) is 19.4. The van der Waals surface area contributed by atoms with Gasteiger partial charge in [0, 0.05) is 37.6 Å².